The summed E-state index contributed by atoms with van der Waals surface area (Å²) in [6.45, 7) is 2.09. The Morgan fingerprint density at radius 1 is 1.00 bits per heavy atom. The van der Waals surface area contributed by atoms with E-state index in [4.69, 9.17) is 14.2 Å². The highest BCUT2D eigenvalue weighted by Gasteiger charge is 2.44. The van der Waals surface area contributed by atoms with E-state index in [9.17, 15) is 14.4 Å². The summed E-state index contributed by atoms with van der Waals surface area (Å²) in [5.41, 5.74) is 0.510. The molecule has 0 unspecified atom stereocenters. The Labute approximate surface area is 191 Å². The number of hydrogen-bond acceptors (Lipinski definition) is 7. The van der Waals surface area contributed by atoms with Crippen molar-refractivity contribution in [3.63, 3.8) is 0 Å². The summed E-state index contributed by atoms with van der Waals surface area (Å²) in [5, 5.41) is 0. The molecule has 3 aliphatic rings. The summed E-state index contributed by atoms with van der Waals surface area (Å²) in [5.74, 6) is 1.18. The molecular weight excluding hydrogens is 426 g/mol. The maximum absolute atomic E-state index is 13.1. The second kappa shape index (κ2) is 8.74. The van der Waals surface area contributed by atoms with Crippen molar-refractivity contribution in [1.82, 2.24) is 9.80 Å². The molecule has 0 spiro atoms. The summed E-state index contributed by atoms with van der Waals surface area (Å²) in [6.07, 6.45) is -0.565. The molecular formula is C24H25N3O6. The highest BCUT2D eigenvalue weighted by atomic mass is 16.6. The SMILES string of the molecule is COc1cccc(N2C(=O)C[C@@H](N3CCN(C(=O)[C@H]4COc5ccccc5O4)CC3)C2=O)c1. The van der Waals surface area contributed by atoms with Gasteiger partial charge in [0.05, 0.1) is 25.3 Å². The number of rotatable bonds is 4. The number of anilines is 1. The molecule has 0 aliphatic carbocycles. The molecule has 0 radical (unpaired) electrons. The number of methoxy groups -OCH3 is 1. The van der Waals surface area contributed by atoms with Gasteiger partial charge in [-0.2, -0.15) is 0 Å². The number of carbonyl (C=O) groups excluding carboxylic acids is 3. The van der Waals surface area contributed by atoms with Crippen LogP contribution in [0.5, 0.6) is 17.2 Å². The van der Waals surface area contributed by atoms with Gasteiger partial charge in [-0.15, -0.1) is 0 Å². The number of piperazine rings is 1. The van der Waals surface area contributed by atoms with Gasteiger partial charge in [0.1, 0.15) is 12.4 Å². The second-order valence-electron chi connectivity index (χ2n) is 8.21. The molecule has 5 rings (SSSR count). The molecule has 3 amide bonds. The minimum Gasteiger partial charge on any atom is -0.497 e. The van der Waals surface area contributed by atoms with Gasteiger partial charge in [-0.3, -0.25) is 19.3 Å². The van der Waals surface area contributed by atoms with E-state index >= 15 is 0 Å². The minimum absolute atomic E-state index is 0.125. The topological polar surface area (TPSA) is 88.6 Å². The maximum Gasteiger partial charge on any atom is 0.267 e. The molecule has 2 fully saturated rings. The lowest BCUT2D eigenvalue weighted by Crippen LogP contribution is -2.57. The Morgan fingerprint density at radius 2 is 1.76 bits per heavy atom. The molecule has 0 saturated carbocycles. The van der Waals surface area contributed by atoms with E-state index in [0.717, 1.165) is 0 Å². The molecule has 2 aromatic carbocycles. The maximum atomic E-state index is 13.1. The first-order chi connectivity index (χ1) is 16.0. The first-order valence-electron chi connectivity index (χ1n) is 11.0. The normalized spacial score (nSPS) is 23.1. The molecule has 2 saturated heterocycles. The number of benzene rings is 2. The van der Waals surface area contributed by atoms with E-state index in [2.05, 4.69) is 0 Å². The van der Waals surface area contributed by atoms with Crippen molar-refractivity contribution < 1.29 is 28.6 Å². The number of imide groups is 1. The van der Waals surface area contributed by atoms with Gasteiger partial charge in [-0.05, 0) is 24.3 Å². The minimum atomic E-state index is -0.690. The smallest absolute Gasteiger partial charge is 0.267 e. The number of para-hydroxylation sites is 2. The Morgan fingerprint density at radius 3 is 2.52 bits per heavy atom. The van der Waals surface area contributed by atoms with E-state index in [-0.39, 0.29) is 30.7 Å². The van der Waals surface area contributed by atoms with Crippen LogP contribution in [-0.2, 0) is 14.4 Å². The van der Waals surface area contributed by atoms with Crippen molar-refractivity contribution in [3.8, 4) is 17.2 Å². The summed E-state index contributed by atoms with van der Waals surface area (Å²) in [4.78, 5) is 43.7. The highest BCUT2D eigenvalue weighted by molar-refractivity contribution is 6.22. The molecule has 2 atom stereocenters. The zero-order chi connectivity index (χ0) is 22.9. The van der Waals surface area contributed by atoms with Gasteiger partial charge in [0.15, 0.2) is 11.5 Å². The molecule has 0 aromatic heterocycles. The molecule has 9 nitrogen and oxygen atoms in total. The summed E-state index contributed by atoms with van der Waals surface area (Å²) < 4.78 is 16.7. The molecule has 3 heterocycles. The molecule has 0 N–H and O–H groups in total. The van der Waals surface area contributed by atoms with Gasteiger partial charge in [0, 0.05) is 32.2 Å². The fraction of sp³-hybridized carbons (Fsp3) is 0.375. The second-order valence-corrected chi connectivity index (χ2v) is 8.21. The van der Waals surface area contributed by atoms with Gasteiger partial charge in [-0.1, -0.05) is 18.2 Å². The Kier molecular flexibility index (Phi) is 5.63. The van der Waals surface area contributed by atoms with Gasteiger partial charge >= 0.3 is 0 Å². The van der Waals surface area contributed by atoms with Crippen LogP contribution >= 0.6 is 0 Å². The number of hydrogen-bond donors (Lipinski definition) is 0. The zero-order valence-corrected chi connectivity index (χ0v) is 18.3. The van der Waals surface area contributed by atoms with Gasteiger partial charge in [0.2, 0.25) is 12.0 Å². The Bertz CT molecular complexity index is 1080. The van der Waals surface area contributed by atoms with E-state index in [1.165, 1.54) is 4.90 Å². The standard InChI is InChI=1S/C24H25N3O6/c1-31-17-6-4-5-16(13-17)27-22(28)14-18(23(27)29)25-9-11-26(12-10-25)24(30)21-15-32-19-7-2-3-8-20(19)33-21/h2-8,13,18,21H,9-12,14-15H2,1H3/t18-,21-/m1/s1. The number of carbonyl (C=O) groups is 3. The van der Waals surface area contributed by atoms with Gasteiger partial charge in [0.25, 0.3) is 11.8 Å². The van der Waals surface area contributed by atoms with Crippen LogP contribution < -0.4 is 19.1 Å². The fourth-order valence-corrected chi connectivity index (χ4v) is 4.52. The Balaban J connectivity index is 1.20. The number of amides is 3. The quantitative estimate of drug-likeness (QED) is 0.648. The number of ether oxygens (including phenoxy) is 3. The molecule has 3 aliphatic heterocycles. The monoisotopic (exact) mass is 451 g/mol. The van der Waals surface area contributed by atoms with Crippen LogP contribution in [0.4, 0.5) is 5.69 Å². The number of fused-ring (bicyclic) bond motifs is 1. The van der Waals surface area contributed by atoms with Crippen LogP contribution in [-0.4, -0.2) is 79.6 Å². The van der Waals surface area contributed by atoms with Crippen LogP contribution in [0.1, 0.15) is 6.42 Å². The average molecular weight is 451 g/mol. The van der Waals surface area contributed by atoms with E-state index in [0.29, 0.717) is 49.1 Å². The first kappa shape index (κ1) is 21.3. The highest BCUT2D eigenvalue weighted by Crippen LogP contribution is 2.32. The molecule has 9 heteroatoms. The largest absolute Gasteiger partial charge is 0.497 e. The van der Waals surface area contributed by atoms with Crippen LogP contribution in [0.2, 0.25) is 0 Å². The molecule has 172 valence electrons. The van der Waals surface area contributed by atoms with Crippen LogP contribution in [0.25, 0.3) is 0 Å². The van der Waals surface area contributed by atoms with Crippen molar-refractivity contribution in [2.24, 2.45) is 0 Å². The third-order valence-electron chi connectivity index (χ3n) is 6.29. The van der Waals surface area contributed by atoms with Crippen LogP contribution in [0.15, 0.2) is 48.5 Å². The Hall–Kier alpha value is -3.59. The predicted molar refractivity (Wildman–Crippen MR) is 118 cm³/mol. The molecule has 33 heavy (non-hydrogen) atoms. The molecule has 0 bridgehead atoms. The first-order valence-corrected chi connectivity index (χ1v) is 11.0. The third-order valence-corrected chi connectivity index (χ3v) is 6.29. The van der Waals surface area contributed by atoms with Crippen molar-refractivity contribution >= 4 is 23.4 Å². The van der Waals surface area contributed by atoms with Crippen molar-refractivity contribution in [2.45, 2.75) is 18.6 Å². The summed E-state index contributed by atoms with van der Waals surface area (Å²) in [6, 6.07) is 13.7. The summed E-state index contributed by atoms with van der Waals surface area (Å²) >= 11 is 0. The van der Waals surface area contributed by atoms with E-state index in [1.54, 1.807) is 42.3 Å². The fourth-order valence-electron chi connectivity index (χ4n) is 4.52. The predicted octanol–water partition coefficient (Wildman–Crippen LogP) is 1.31. The van der Waals surface area contributed by atoms with Gasteiger partial charge < -0.3 is 19.1 Å². The summed E-state index contributed by atoms with van der Waals surface area (Å²) in [7, 11) is 1.54. The van der Waals surface area contributed by atoms with Crippen molar-refractivity contribution in [1.29, 1.82) is 0 Å². The van der Waals surface area contributed by atoms with Crippen LogP contribution in [0, 0.1) is 0 Å². The van der Waals surface area contributed by atoms with Crippen LogP contribution in [0.3, 0.4) is 0 Å². The average Bonchev–Trinajstić information content (AvgIpc) is 3.17. The lowest BCUT2D eigenvalue weighted by Gasteiger charge is -2.38. The lowest BCUT2D eigenvalue weighted by molar-refractivity contribution is -0.143. The third kappa shape index (κ3) is 4.00. The lowest BCUT2D eigenvalue weighted by atomic mass is 10.1. The number of nitrogens with zero attached hydrogens (tertiary/aromatic N) is 3. The molecule has 2 aromatic rings. The van der Waals surface area contributed by atoms with Gasteiger partial charge in [-0.25, -0.2) is 4.90 Å². The van der Waals surface area contributed by atoms with Crippen molar-refractivity contribution in [2.75, 3.05) is 44.8 Å². The van der Waals surface area contributed by atoms with E-state index < -0.39 is 12.1 Å². The zero-order valence-electron chi connectivity index (χ0n) is 18.3. The van der Waals surface area contributed by atoms with E-state index in [1.807, 2.05) is 23.1 Å². The van der Waals surface area contributed by atoms with Crippen molar-refractivity contribution in [3.05, 3.63) is 48.5 Å².